The molecule has 7 nitrogen and oxygen atoms in total. The van der Waals surface area contributed by atoms with Gasteiger partial charge in [0.1, 0.15) is 5.82 Å². The monoisotopic (exact) mass is 442 g/mol. The first-order chi connectivity index (χ1) is 15.3. The standard InChI is InChI=1S/C23H16F2N2O5.2H2/c24-23(25)31-17-9-8-15(12-18(17)32-23)22(10-11-22)21(30)27-19-3-1-2-16(26-19)13-4-6-14(7-5-13)20(28)29;;/h1-9,12H,10-11H2,(H,28,29)(H,26,27,30);2*1H. The SMILES string of the molecule is O=C(O)c1ccc(-c2cccc(NC(=O)C3(c4ccc5c(c4)OC(F)(F)O5)CC3)n2)cc1.[HH].[HH]. The van der Waals surface area contributed by atoms with Crippen LogP contribution in [-0.4, -0.2) is 28.3 Å². The van der Waals surface area contributed by atoms with E-state index in [1.807, 2.05) is 0 Å². The molecule has 1 amide bonds. The summed E-state index contributed by atoms with van der Waals surface area (Å²) < 4.78 is 35.5. The molecule has 1 aliphatic carbocycles. The third-order valence-electron chi connectivity index (χ3n) is 5.56. The van der Waals surface area contributed by atoms with Crippen LogP contribution in [0.25, 0.3) is 11.3 Å². The Balaban J connectivity index is 0.00000162. The summed E-state index contributed by atoms with van der Waals surface area (Å²) in [5.41, 5.74) is 1.14. The van der Waals surface area contributed by atoms with Gasteiger partial charge in [0, 0.05) is 8.42 Å². The smallest absolute Gasteiger partial charge is 0.478 e. The molecule has 9 heteroatoms. The largest absolute Gasteiger partial charge is 0.586 e. The van der Waals surface area contributed by atoms with Crippen molar-refractivity contribution in [2.75, 3.05) is 5.32 Å². The molecule has 32 heavy (non-hydrogen) atoms. The zero-order valence-electron chi connectivity index (χ0n) is 16.5. The van der Waals surface area contributed by atoms with Gasteiger partial charge in [-0.05, 0) is 54.8 Å². The number of carboxylic acids is 1. The number of fused-ring (bicyclic) bond motifs is 1. The number of hydrogen-bond donors (Lipinski definition) is 2. The molecule has 0 radical (unpaired) electrons. The minimum atomic E-state index is -3.72. The van der Waals surface area contributed by atoms with E-state index in [-0.39, 0.29) is 25.8 Å². The summed E-state index contributed by atoms with van der Waals surface area (Å²) >= 11 is 0. The molecule has 3 aromatic rings. The molecule has 2 aromatic carbocycles. The third-order valence-corrected chi connectivity index (χ3v) is 5.56. The van der Waals surface area contributed by atoms with E-state index in [4.69, 9.17) is 5.11 Å². The lowest BCUT2D eigenvalue weighted by atomic mass is 9.94. The highest BCUT2D eigenvalue weighted by molar-refractivity contribution is 6.01. The summed E-state index contributed by atoms with van der Waals surface area (Å²) in [4.78, 5) is 28.5. The lowest BCUT2D eigenvalue weighted by Crippen LogP contribution is -2.28. The number of carbonyl (C=O) groups is 2. The van der Waals surface area contributed by atoms with Crippen LogP contribution in [0.15, 0.2) is 60.7 Å². The van der Waals surface area contributed by atoms with Crippen molar-refractivity contribution in [2.24, 2.45) is 0 Å². The van der Waals surface area contributed by atoms with Crippen LogP contribution in [0.4, 0.5) is 14.6 Å². The van der Waals surface area contributed by atoms with Gasteiger partial charge >= 0.3 is 12.3 Å². The Labute approximate surface area is 183 Å². The van der Waals surface area contributed by atoms with Crippen LogP contribution in [0.3, 0.4) is 0 Å². The molecule has 1 fully saturated rings. The maximum atomic E-state index is 13.3. The quantitative estimate of drug-likeness (QED) is 0.582. The number of nitrogens with zero attached hydrogens (tertiary/aromatic N) is 1. The molecule has 1 aromatic heterocycles. The van der Waals surface area contributed by atoms with E-state index in [0.717, 1.165) is 0 Å². The number of carbonyl (C=O) groups excluding carboxylic acids is 1. The van der Waals surface area contributed by atoms with Crippen molar-refractivity contribution in [3.05, 3.63) is 71.8 Å². The number of carboxylic acid groups (broad SMARTS) is 1. The van der Waals surface area contributed by atoms with E-state index in [2.05, 4.69) is 19.8 Å². The average molecular weight is 442 g/mol. The normalized spacial score (nSPS) is 16.9. The Hall–Kier alpha value is -4.01. The van der Waals surface area contributed by atoms with Crippen LogP contribution in [0.2, 0.25) is 0 Å². The summed E-state index contributed by atoms with van der Waals surface area (Å²) in [5.74, 6) is -1.16. The van der Waals surface area contributed by atoms with Crippen molar-refractivity contribution in [1.82, 2.24) is 4.98 Å². The maximum absolute atomic E-state index is 13.3. The van der Waals surface area contributed by atoms with E-state index >= 15 is 0 Å². The number of aromatic carboxylic acids is 1. The molecular weight excluding hydrogens is 422 g/mol. The summed E-state index contributed by atoms with van der Waals surface area (Å²) in [6, 6.07) is 15.7. The first kappa shape index (κ1) is 19.9. The van der Waals surface area contributed by atoms with Gasteiger partial charge in [0.2, 0.25) is 5.91 Å². The predicted octanol–water partition coefficient (Wildman–Crippen LogP) is 4.93. The number of amides is 1. The summed E-state index contributed by atoms with van der Waals surface area (Å²) in [6.45, 7) is 0. The van der Waals surface area contributed by atoms with E-state index in [0.29, 0.717) is 35.5 Å². The van der Waals surface area contributed by atoms with Gasteiger partial charge in [0.05, 0.1) is 16.7 Å². The molecule has 0 atom stereocenters. The lowest BCUT2D eigenvalue weighted by molar-refractivity contribution is -0.286. The minimum Gasteiger partial charge on any atom is -0.478 e. The van der Waals surface area contributed by atoms with Gasteiger partial charge in [0.25, 0.3) is 0 Å². The van der Waals surface area contributed by atoms with Gasteiger partial charge in [0.15, 0.2) is 11.5 Å². The third kappa shape index (κ3) is 3.51. The van der Waals surface area contributed by atoms with E-state index in [1.54, 1.807) is 36.4 Å². The van der Waals surface area contributed by atoms with Crippen molar-refractivity contribution in [3.8, 4) is 22.8 Å². The van der Waals surface area contributed by atoms with Crippen molar-refractivity contribution < 1.29 is 35.8 Å². The Morgan fingerprint density at radius 2 is 1.72 bits per heavy atom. The number of alkyl halides is 2. The number of nitrogens with one attached hydrogen (secondary N) is 1. The fraction of sp³-hybridized carbons (Fsp3) is 0.174. The fourth-order valence-electron chi connectivity index (χ4n) is 3.70. The molecule has 1 saturated carbocycles. The zero-order chi connectivity index (χ0) is 22.5. The van der Waals surface area contributed by atoms with Crippen LogP contribution in [-0.2, 0) is 10.2 Å². The molecule has 166 valence electrons. The number of ether oxygens (including phenoxy) is 2. The van der Waals surface area contributed by atoms with Gasteiger partial charge in [-0.25, -0.2) is 9.78 Å². The average Bonchev–Trinajstić information content (AvgIpc) is 3.51. The lowest BCUT2D eigenvalue weighted by Gasteiger charge is -2.16. The Morgan fingerprint density at radius 3 is 2.41 bits per heavy atom. The van der Waals surface area contributed by atoms with Crippen LogP contribution in [0, 0.1) is 0 Å². The summed E-state index contributed by atoms with van der Waals surface area (Å²) in [5, 5.41) is 11.8. The van der Waals surface area contributed by atoms with Crippen molar-refractivity contribution in [3.63, 3.8) is 0 Å². The van der Waals surface area contributed by atoms with Gasteiger partial charge < -0.3 is 19.9 Å². The molecule has 0 unspecified atom stereocenters. The first-order valence-corrected chi connectivity index (χ1v) is 9.78. The first-order valence-electron chi connectivity index (χ1n) is 9.78. The van der Waals surface area contributed by atoms with E-state index < -0.39 is 17.7 Å². The highest BCUT2D eigenvalue weighted by Crippen LogP contribution is 2.52. The van der Waals surface area contributed by atoms with Crippen LogP contribution in [0.1, 0.15) is 31.6 Å². The number of hydrogen-bond acceptors (Lipinski definition) is 5. The van der Waals surface area contributed by atoms with Crippen molar-refractivity contribution in [2.45, 2.75) is 24.6 Å². The predicted molar refractivity (Wildman–Crippen MR) is 113 cm³/mol. The second-order valence-corrected chi connectivity index (χ2v) is 7.66. The highest BCUT2D eigenvalue weighted by atomic mass is 19.3. The molecule has 0 bridgehead atoms. The number of anilines is 1. The Kier molecular flexibility index (Phi) is 4.37. The van der Waals surface area contributed by atoms with E-state index in [9.17, 15) is 18.4 Å². The Bertz CT molecular complexity index is 1250. The molecule has 0 saturated heterocycles. The van der Waals surface area contributed by atoms with Crippen molar-refractivity contribution >= 4 is 17.7 Å². The number of benzene rings is 2. The van der Waals surface area contributed by atoms with Gasteiger partial charge in [-0.3, -0.25) is 4.79 Å². The summed E-state index contributed by atoms with van der Waals surface area (Å²) in [7, 11) is 0. The highest BCUT2D eigenvalue weighted by Gasteiger charge is 2.52. The van der Waals surface area contributed by atoms with Crippen LogP contribution in [0.5, 0.6) is 11.5 Å². The molecule has 2 heterocycles. The summed E-state index contributed by atoms with van der Waals surface area (Å²) in [6.07, 6.45) is -2.59. The van der Waals surface area contributed by atoms with E-state index in [1.165, 1.54) is 24.3 Å². The van der Waals surface area contributed by atoms with Gasteiger partial charge in [-0.15, -0.1) is 8.78 Å². The number of halogens is 2. The molecular formula is C23H20F2N2O5. The zero-order valence-corrected chi connectivity index (χ0v) is 16.5. The number of pyridine rings is 1. The topological polar surface area (TPSA) is 97.8 Å². The number of aromatic nitrogens is 1. The van der Waals surface area contributed by atoms with Crippen LogP contribution < -0.4 is 14.8 Å². The fourth-order valence-corrected chi connectivity index (χ4v) is 3.70. The maximum Gasteiger partial charge on any atom is 0.586 e. The second kappa shape index (κ2) is 7.01. The molecule has 2 N–H and O–H groups in total. The van der Waals surface area contributed by atoms with Gasteiger partial charge in [-0.2, -0.15) is 0 Å². The number of rotatable bonds is 5. The molecule has 5 rings (SSSR count). The molecule has 0 spiro atoms. The molecule has 2 aliphatic rings. The van der Waals surface area contributed by atoms with Crippen LogP contribution >= 0.6 is 0 Å². The minimum absolute atomic E-state index is 0. The molecule has 1 aliphatic heterocycles. The Morgan fingerprint density at radius 1 is 1.00 bits per heavy atom. The van der Waals surface area contributed by atoms with Gasteiger partial charge in [-0.1, -0.05) is 24.3 Å². The second-order valence-electron chi connectivity index (χ2n) is 7.66. The van der Waals surface area contributed by atoms with Crippen molar-refractivity contribution in [1.29, 1.82) is 0 Å².